The molecule has 2 aromatic carbocycles. The first-order chi connectivity index (χ1) is 33.4. The van der Waals surface area contributed by atoms with Crippen molar-refractivity contribution in [1.82, 2.24) is 50.8 Å². The van der Waals surface area contributed by atoms with Crippen molar-refractivity contribution < 1.29 is 47.9 Å². The molecule has 2 fully saturated rings. The Labute approximate surface area is 419 Å². The normalized spacial score (nSPS) is 23.7. The Morgan fingerprint density at radius 2 is 0.900 bits per heavy atom. The lowest BCUT2D eigenvalue weighted by molar-refractivity contribution is -0.145. The maximum atomic E-state index is 14.4. The minimum atomic E-state index is -1.40. The smallest absolute Gasteiger partial charge is 0.270 e. The van der Waals surface area contributed by atoms with Crippen molar-refractivity contribution in [3.8, 4) is 0 Å². The van der Waals surface area contributed by atoms with E-state index >= 15 is 0 Å². The van der Waals surface area contributed by atoms with E-state index in [1.54, 1.807) is 36.4 Å². The Hall–Kier alpha value is -6.24. The van der Waals surface area contributed by atoms with Gasteiger partial charge >= 0.3 is 0 Å². The van der Waals surface area contributed by atoms with Crippen molar-refractivity contribution in [2.24, 2.45) is 0 Å². The van der Waals surface area contributed by atoms with E-state index in [-0.39, 0.29) is 34.4 Å². The summed E-state index contributed by atoms with van der Waals surface area (Å²) in [6.07, 6.45) is 0. The lowest BCUT2D eigenvalue weighted by Gasteiger charge is -2.34. The molecule has 70 heavy (non-hydrogen) atoms. The predicted molar refractivity (Wildman–Crippen MR) is 269 cm³/mol. The molecule has 4 heterocycles. The molecular formula is C46H52N10O10S4. The number of pyridine rings is 2. The van der Waals surface area contributed by atoms with Gasteiger partial charge in [0.15, 0.2) is 0 Å². The number of amides is 8. The monoisotopic (exact) mass is 1030 g/mol. The van der Waals surface area contributed by atoms with Crippen LogP contribution in [0.5, 0.6) is 0 Å². The van der Waals surface area contributed by atoms with Crippen molar-refractivity contribution in [2.45, 2.75) is 50.1 Å². The summed E-state index contributed by atoms with van der Waals surface area (Å²) >= 11 is 1.33. The number of carbonyl (C=O) groups is 10. The van der Waals surface area contributed by atoms with Crippen LogP contribution in [-0.4, -0.2) is 188 Å². The average molecular weight is 1030 g/mol. The molecule has 24 heteroatoms. The van der Waals surface area contributed by atoms with Gasteiger partial charge in [-0.3, -0.25) is 47.9 Å². The molecule has 2 aliphatic rings. The molecule has 0 radical (unpaired) electrons. The molecule has 2 aliphatic heterocycles. The summed E-state index contributed by atoms with van der Waals surface area (Å²) in [6, 6.07) is 13.0. The van der Waals surface area contributed by atoms with Crippen LogP contribution in [0, 0.1) is 0 Å². The Balaban J connectivity index is 1.30. The van der Waals surface area contributed by atoms with Gasteiger partial charge < -0.3 is 40.9 Å². The Morgan fingerprint density at radius 3 is 1.29 bits per heavy atom. The maximum Gasteiger partial charge on any atom is 0.270 e. The topological polar surface area (TPSA) is 258 Å². The van der Waals surface area contributed by atoms with Gasteiger partial charge in [-0.1, -0.05) is 93.6 Å². The molecule has 0 spiro atoms. The molecule has 0 aliphatic carbocycles. The number of benzene rings is 2. The van der Waals surface area contributed by atoms with Gasteiger partial charge in [0.2, 0.25) is 45.7 Å². The fourth-order valence-electron chi connectivity index (χ4n) is 7.05. The second-order valence-corrected chi connectivity index (χ2v) is 21.0. The first kappa shape index (κ1) is 53.1. The van der Waals surface area contributed by atoms with Crippen molar-refractivity contribution in [3.05, 3.63) is 84.2 Å². The second-order valence-electron chi connectivity index (χ2n) is 16.4. The zero-order chi connectivity index (χ0) is 50.8. The Bertz CT molecular complexity index is 2530. The van der Waals surface area contributed by atoms with Gasteiger partial charge in [-0.25, -0.2) is 9.97 Å². The van der Waals surface area contributed by atoms with Crippen LogP contribution in [0.3, 0.4) is 0 Å². The number of likely N-dealkylation sites (N-methyl/N-ethyl adjacent to an activating group) is 4. The lowest BCUT2D eigenvalue weighted by atomic mass is 10.2. The highest BCUT2D eigenvalue weighted by Gasteiger charge is 2.38. The van der Waals surface area contributed by atoms with Crippen LogP contribution in [0.15, 0.2) is 72.8 Å². The quantitative estimate of drug-likeness (QED) is 0.210. The van der Waals surface area contributed by atoms with E-state index < -0.39 is 107 Å². The number of para-hydroxylation sites is 2. The average Bonchev–Trinajstić information content (AvgIpc) is 3.37. The fourth-order valence-corrected chi connectivity index (χ4v) is 11.5. The Kier molecular flexibility index (Phi) is 18.3. The Morgan fingerprint density at radius 1 is 0.529 bits per heavy atom. The molecule has 6 rings (SSSR count). The van der Waals surface area contributed by atoms with Crippen LogP contribution in [0.25, 0.3) is 21.8 Å². The molecule has 370 valence electrons. The predicted octanol–water partition coefficient (Wildman–Crippen LogP) is 1.19. The van der Waals surface area contributed by atoms with Crippen molar-refractivity contribution in [3.63, 3.8) is 0 Å². The molecule has 4 N–H and O–H groups in total. The van der Waals surface area contributed by atoms with Crippen LogP contribution < -0.4 is 21.3 Å². The number of nitrogens with zero attached hydrogens (tertiary/aromatic N) is 6. The first-order valence-corrected chi connectivity index (χ1v) is 26.3. The number of thioether (sulfide) groups is 2. The summed E-state index contributed by atoms with van der Waals surface area (Å²) in [5.41, 5.74) is 1.02. The minimum Gasteiger partial charge on any atom is -0.345 e. The molecule has 20 nitrogen and oxygen atoms in total. The largest absolute Gasteiger partial charge is 0.345 e. The van der Waals surface area contributed by atoms with E-state index in [9.17, 15) is 47.9 Å². The van der Waals surface area contributed by atoms with Gasteiger partial charge in [0.1, 0.15) is 35.6 Å². The van der Waals surface area contributed by atoms with E-state index in [1.165, 1.54) is 54.2 Å². The summed E-state index contributed by atoms with van der Waals surface area (Å²) in [7, 11) is 7.69. The maximum absolute atomic E-state index is 14.4. The SMILES string of the molecule is C[C@H]1C(=O)SC[C@@H](NC(=O)c2ccc3ccccc3n2)C(=O)NCC(=O)N(C)[C@H]2CSSC[C@@H](C(=O)N1C)N(C)C(=O)CNC(=O)[C@H](NC(=O)c1ccc3ccccc3n1)CSC(=O)[C@H](C)N(C)C2=O. The van der Waals surface area contributed by atoms with Crippen molar-refractivity contribution in [2.75, 3.05) is 64.3 Å². The molecule has 0 unspecified atom stereocenters. The van der Waals surface area contributed by atoms with Gasteiger partial charge in [-0.2, -0.15) is 0 Å². The van der Waals surface area contributed by atoms with Gasteiger partial charge in [-0.05, 0) is 38.1 Å². The van der Waals surface area contributed by atoms with E-state index in [2.05, 4.69) is 31.2 Å². The number of fused-ring (bicyclic) bond motifs is 7. The van der Waals surface area contributed by atoms with E-state index in [0.29, 0.717) is 34.6 Å². The van der Waals surface area contributed by atoms with E-state index in [0.717, 1.165) is 52.0 Å². The van der Waals surface area contributed by atoms with E-state index in [4.69, 9.17) is 0 Å². The van der Waals surface area contributed by atoms with Crippen LogP contribution in [-0.2, 0) is 38.4 Å². The molecule has 2 saturated heterocycles. The van der Waals surface area contributed by atoms with Crippen LogP contribution in [0.1, 0.15) is 34.8 Å². The van der Waals surface area contributed by atoms with Gasteiger partial charge in [0.25, 0.3) is 11.8 Å². The molecule has 6 atom stereocenters. The van der Waals surface area contributed by atoms with Crippen LogP contribution in [0.2, 0.25) is 0 Å². The number of hydrogen-bond acceptors (Lipinski definition) is 16. The second kappa shape index (κ2) is 24.1. The third kappa shape index (κ3) is 12.9. The summed E-state index contributed by atoms with van der Waals surface area (Å²) in [5, 5.41) is 10.7. The minimum absolute atomic E-state index is 0.0138. The van der Waals surface area contributed by atoms with Crippen LogP contribution in [0.4, 0.5) is 0 Å². The van der Waals surface area contributed by atoms with Gasteiger partial charge in [-0.15, -0.1) is 0 Å². The molecule has 2 aromatic heterocycles. The third-order valence-electron chi connectivity index (χ3n) is 11.9. The molecule has 8 amide bonds. The van der Waals surface area contributed by atoms with Crippen molar-refractivity contribution >= 4 is 124 Å². The van der Waals surface area contributed by atoms with Crippen LogP contribution >= 0.6 is 45.1 Å². The summed E-state index contributed by atoms with van der Waals surface area (Å²) in [5.74, 6) is -6.70. The van der Waals surface area contributed by atoms with Gasteiger partial charge in [0.05, 0.1) is 36.2 Å². The zero-order valence-corrected chi connectivity index (χ0v) is 42.3. The first-order valence-electron chi connectivity index (χ1n) is 21.9. The standard InChI is InChI=1S/C46H52N10O10S4/c1-25-45(65)67-21-33(51-41(61)31-17-15-27-11-7-9-13-29(27)49-31)39(59)47-20-38(58)56(6)36-24-70-69-23-35(43(63)53(25)3)55(5)37(57)19-48-40(60)34(22-68-46(66)26(2)54(4)44(36)64)52-42(62)32-18-16-28-12-8-10-14-30(28)50-32/h7-18,25-26,33-36H,19-24H2,1-6H3,(H,47,59)(H,48,60)(H,51,61)(H,52,62)/t25-,26-,33+,34+,35-,36-/m0/s1. The number of carbonyl (C=O) groups excluding carboxylic acids is 10. The summed E-state index contributed by atoms with van der Waals surface area (Å²) in [4.78, 5) is 152. The highest BCUT2D eigenvalue weighted by atomic mass is 33.1. The van der Waals surface area contributed by atoms with Gasteiger partial charge in [0, 0.05) is 62.0 Å². The lowest BCUT2D eigenvalue weighted by Crippen LogP contribution is -2.56. The van der Waals surface area contributed by atoms with E-state index in [1.807, 2.05) is 24.3 Å². The third-order valence-corrected chi connectivity index (χ3v) is 16.5. The van der Waals surface area contributed by atoms with Crippen molar-refractivity contribution in [1.29, 1.82) is 0 Å². The highest BCUT2D eigenvalue weighted by Crippen LogP contribution is 2.28. The number of hydrogen-bond donors (Lipinski definition) is 4. The number of aromatic nitrogens is 2. The fraction of sp³-hybridized carbons (Fsp3) is 0.391. The summed E-state index contributed by atoms with van der Waals surface area (Å²) in [6.45, 7) is 1.68. The number of rotatable bonds is 4. The molecular weight excluding hydrogens is 981 g/mol. The number of nitrogens with one attached hydrogen (secondary N) is 4. The zero-order valence-electron chi connectivity index (χ0n) is 39.0. The highest BCUT2D eigenvalue weighted by molar-refractivity contribution is 8.76. The molecule has 0 saturated carbocycles. The molecule has 2 bridgehead atoms. The molecule has 4 aromatic rings. The summed E-state index contributed by atoms with van der Waals surface area (Å²) < 4.78 is 0.